The number of carbonyl (C=O) groups is 1. The van der Waals surface area contributed by atoms with Crippen LogP contribution in [0.4, 0.5) is 0 Å². The van der Waals surface area contributed by atoms with Gasteiger partial charge in [0.1, 0.15) is 0 Å². The standard InChI is InChI=1S/C10H16N2OS.ClH/c1-8-6-14-7-9(8)10(13)12-5-3-4-11-2;/h6-7,11H,3-5H2,1-2H3,(H,12,13);1H. The third-order valence-corrected chi connectivity index (χ3v) is 2.85. The summed E-state index contributed by atoms with van der Waals surface area (Å²) in [4.78, 5) is 11.6. The Morgan fingerprint density at radius 1 is 1.40 bits per heavy atom. The van der Waals surface area contributed by atoms with E-state index in [0.717, 1.165) is 30.6 Å². The highest BCUT2D eigenvalue weighted by molar-refractivity contribution is 7.08. The van der Waals surface area contributed by atoms with Gasteiger partial charge in [-0.3, -0.25) is 4.79 Å². The van der Waals surface area contributed by atoms with Crippen LogP contribution >= 0.6 is 23.7 Å². The van der Waals surface area contributed by atoms with Crippen LogP contribution in [0.15, 0.2) is 10.8 Å². The fourth-order valence-corrected chi connectivity index (χ4v) is 1.98. The third-order valence-electron chi connectivity index (χ3n) is 1.99. The molecule has 15 heavy (non-hydrogen) atoms. The molecular formula is C10H17ClN2OS. The van der Waals surface area contributed by atoms with Crippen LogP contribution in [0.25, 0.3) is 0 Å². The minimum absolute atomic E-state index is 0. The maximum atomic E-state index is 11.6. The zero-order valence-corrected chi connectivity index (χ0v) is 10.6. The van der Waals surface area contributed by atoms with E-state index in [4.69, 9.17) is 0 Å². The van der Waals surface area contributed by atoms with Crippen LogP contribution in [-0.2, 0) is 0 Å². The molecule has 0 unspecified atom stereocenters. The van der Waals surface area contributed by atoms with Crippen molar-refractivity contribution in [2.45, 2.75) is 13.3 Å². The Bertz CT molecular complexity index is 301. The average Bonchev–Trinajstić information content (AvgIpc) is 2.59. The van der Waals surface area contributed by atoms with E-state index in [2.05, 4.69) is 10.6 Å². The van der Waals surface area contributed by atoms with Crippen molar-refractivity contribution in [3.05, 3.63) is 21.9 Å². The van der Waals surface area contributed by atoms with Gasteiger partial charge in [-0.1, -0.05) is 0 Å². The van der Waals surface area contributed by atoms with Gasteiger partial charge in [-0.15, -0.1) is 12.4 Å². The van der Waals surface area contributed by atoms with Crippen molar-refractivity contribution < 1.29 is 4.79 Å². The molecule has 1 heterocycles. The van der Waals surface area contributed by atoms with Crippen molar-refractivity contribution in [1.82, 2.24) is 10.6 Å². The van der Waals surface area contributed by atoms with Gasteiger partial charge in [-0.2, -0.15) is 11.3 Å². The molecule has 0 saturated carbocycles. The van der Waals surface area contributed by atoms with Crippen LogP contribution in [0.5, 0.6) is 0 Å². The summed E-state index contributed by atoms with van der Waals surface area (Å²) in [5.41, 5.74) is 1.86. The SMILES string of the molecule is CNCCCNC(=O)c1cscc1C.Cl. The lowest BCUT2D eigenvalue weighted by atomic mass is 10.2. The van der Waals surface area contributed by atoms with Crippen molar-refractivity contribution in [3.63, 3.8) is 0 Å². The normalized spacial score (nSPS) is 9.47. The molecule has 1 aromatic heterocycles. The predicted molar refractivity (Wildman–Crippen MR) is 67.2 cm³/mol. The van der Waals surface area contributed by atoms with Gasteiger partial charge in [0.2, 0.25) is 0 Å². The van der Waals surface area contributed by atoms with Gasteiger partial charge < -0.3 is 10.6 Å². The van der Waals surface area contributed by atoms with Gasteiger partial charge in [-0.05, 0) is 37.9 Å². The number of hydrogen-bond acceptors (Lipinski definition) is 3. The Morgan fingerprint density at radius 2 is 2.13 bits per heavy atom. The molecule has 1 amide bonds. The van der Waals surface area contributed by atoms with Gasteiger partial charge in [0, 0.05) is 11.9 Å². The first-order valence-corrected chi connectivity index (χ1v) is 5.65. The van der Waals surface area contributed by atoms with E-state index in [-0.39, 0.29) is 18.3 Å². The quantitative estimate of drug-likeness (QED) is 0.781. The van der Waals surface area contributed by atoms with Crippen LogP contribution in [0.1, 0.15) is 22.3 Å². The first-order valence-electron chi connectivity index (χ1n) is 4.71. The number of rotatable bonds is 5. The highest BCUT2D eigenvalue weighted by atomic mass is 35.5. The van der Waals surface area contributed by atoms with Crippen LogP contribution in [0, 0.1) is 6.92 Å². The summed E-state index contributed by atoms with van der Waals surface area (Å²) in [5, 5.41) is 9.81. The fourth-order valence-electron chi connectivity index (χ4n) is 1.16. The van der Waals surface area contributed by atoms with E-state index in [1.807, 2.05) is 24.7 Å². The average molecular weight is 249 g/mol. The molecule has 1 rings (SSSR count). The lowest BCUT2D eigenvalue weighted by Gasteiger charge is -2.03. The van der Waals surface area contributed by atoms with Crippen LogP contribution in [-0.4, -0.2) is 26.0 Å². The number of nitrogens with one attached hydrogen (secondary N) is 2. The fraction of sp³-hybridized carbons (Fsp3) is 0.500. The highest BCUT2D eigenvalue weighted by Gasteiger charge is 2.07. The molecule has 0 aliphatic carbocycles. The lowest BCUT2D eigenvalue weighted by molar-refractivity contribution is 0.0953. The Balaban J connectivity index is 0.00000196. The topological polar surface area (TPSA) is 41.1 Å². The second kappa shape index (κ2) is 7.68. The molecule has 0 aromatic carbocycles. The van der Waals surface area contributed by atoms with Gasteiger partial charge >= 0.3 is 0 Å². The summed E-state index contributed by atoms with van der Waals surface area (Å²) in [6.45, 7) is 3.62. The van der Waals surface area contributed by atoms with Crippen LogP contribution in [0.2, 0.25) is 0 Å². The first kappa shape index (κ1) is 14.4. The molecular weight excluding hydrogens is 232 g/mol. The Kier molecular flexibility index (Phi) is 7.38. The second-order valence-electron chi connectivity index (χ2n) is 3.18. The molecule has 1 aromatic rings. The number of thiophene rings is 1. The monoisotopic (exact) mass is 248 g/mol. The Morgan fingerprint density at radius 3 is 2.67 bits per heavy atom. The van der Waals surface area contributed by atoms with Crippen molar-refractivity contribution in [2.75, 3.05) is 20.1 Å². The van der Waals surface area contributed by atoms with Crippen LogP contribution in [0.3, 0.4) is 0 Å². The first-order chi connectivity index (χ1) is 6.75. The molecule has 0 atom stereocenters. The smallest absolute Gasteiger partial charge is 0.252 e. The van der Waals surface area contributed by atoms with E-state index in [0.29, 0.717) is 0 Å². The number of carbonyl (C=O) groups excluding carboxylic acids is 1. The molecule has 2 N–H and O–H groups in total. The number of halogens is 1. The van der Waals surface area contributed by atoms with Gasteiger partial charge in [0.05, 0.1) is 5.56 Å². The summed E-state index contributed by atoms with van der Waals surface area (Å²) in [7, 11) is 1.91. The predicted octanol–water partition coefficient (Wildman–Crippen LogP) is 1.82. The minimum Gasteiger partial charge on any atom is -0.352 e. The highest BCUT2D eigenvalue weighted by Crippen LogP contribution is 2.12. The van der Waals surface area contributed by atoms with E-state index in [1.165, 1.54) is 0 Å². The largest absolute Gasteiger partial charge is 0.352 e. The summed E-state index contributed by atoms with van der Waals surface area (Å²) < 4.78 is 0. The zero-order chi connectivity index (χ0) is 10.4. The van der Waals surface area contributed by atoms with Crippen molar-refractivity contribution in [2.24, 2.45) is 0 Å². The van der Waals surface area contributed by atoms with Gasteiger partial charge in [-0.25, -0.2) is 0 Å². The summed E-state index contributed by atoms with van der Waals surface area (Å²) in [6, 6.07) is 0. The number of amides is 1. The zero-order valence-electron chi connectivity index (χ0n) is 9.00. The number of hydrogen-bond donors (Lipinski definition) is 2. The summed E-state index contributed by atoms with van der Waals surface area (Å²) >= 11 is 1.57. The van der Waals surface area contributed by atoms with E-state index in [1.54, 1.807) is 11.3 Å². The summed E-state index contributed by atoms with van der Waals surface area (Å²) in [5.74, 6) is 0.0415. The van der Waals surface area contributed by atoms with Crippen LogP contribution < -0.4 is 10.6 Å². The number of aryl methyl sites for hydroxylation is 1. The van der Waals surface area contributed by atoms with Crippen molar-refractivity contribution in [3.8, 4) is 0 Å². The Labute approximate surface area is 101 Å². The molecule has 0 aliphatic heterocycles. The molecule has 0 aliphatic rings. The maximum Gasteiger partial charge on any atom is 0.252 e. The molecule has 5 heteroatoms. The summed E-state index contributed by atoms with van der Waals surface area (Å²) in [6.07, 6.45) is 0.964. The van der Waals surface area contributed by atoms with E-state index < -0.39 is 0 Å². The van der Waals surface area contributed by atoms with E-state index >= 15 is 0 Å². The van der Waals surface area contributed by atoms with Crippen molar-refractivity contribution in [1.29, 1.82) is 0 Å². The molecule has 0 fully saturated rings. The van der Waals surface area contributed by atoms with E-state index in [9.17, 15) is 4.79 Å². The van der Waals surface area contributed by atoms with Gasteiger partial charge in [0.25, 0.3) is 5.91 Å². The third kappa shape index (κ3) is 4.64. The molecule has 0 radical (unpaired) electrons. The molecule has 86 valence electrons. The molecule has 0 spiro atoms. The Hall–Kier alpha value is -0.580. The molecule has 0 saturated heterocycles. The van der Waals surface area contributed by atoms with Gasteiger partial charge in [0.15, 0.2) is 0 Å². The minimum atomic E-state index is 0. The lowest BCUT2D eigenvalue weighted by Crippen LogP contribution is -2.26. The second-order valence-corrected chi connectivity index (χ2v) is 3.93. The molecule has 3 nitrogen and oxygen atoms in total. The maximum absolute atomic E-state index is 11.6. The molecule has 0 bridgehead atoms. The van der Waals surface area contributed by atoms with Crippen molar-refractivity contribution >= 4 is 29.7 Å².